The van der Waals surface area contributed by atoms with Crippen molar-refractivity contribution in [3.63, 3.8) is 0 Å². The van der Waals surface area contributed by atoms with Gasteiger partial charge in [-0.25, -0.2) is 9.48 Å². The molecule has 21 heavy (non-hydrogen) atoms. The molecule has 0 saturated carbocycles. The molecule has 0 aromatic carbocycles. The summed E-state index contributed by atoms with van der Waals surface area (Å²) >= 11 is 0. The number of hydrogen-bond acceptors (Lipinski definition) is 5. The number of anilines is 2. The van der Waals surface area contributed by atoms with Crippen LogP contribution in [0.15, 0.2) is 0 Å². The van der Waals surface area contributed by atoms with E-state index in [1.54, 1.807) is 4.68 Å². The molecular weight excluding hydrogens is 268 g/mol. The number of carbonyl (C=O) groups is 1. The highest BCUT2D eigenvalue weighted by Gasteiger charge is 2.29. The average Bonchev–Trinajstić information content (AvgIpc) is 2.86. The maximum atomic E-state index is 12.1. The SMILES string of the molecule is CCC(CC)n1nc(N2CCCCC2)c(C(=O)OC)c1N. The van der Waals surface area contributed by atoms with E-state index in [2.05, 4.69) is 23.8 Å². The molecule has 2 N–H and O–H groups in total. The number of aromatic nitrogens is 2. The number of esters is 1. The molecule has 118 valence electrons. The molecule has 1 aliphatic heterocycles. The zero-order valence-corrected chi connectivity index (χ0v) is 13.3. The number of nitrogens with two attached hydrogens (primary N) is 1. The van der Waals surface area contributed by atoms with E-state index in [-0.39, 0.29) is 6.04 Å². The van der Waals surface area contributed by atoms with Crippen molar-refractivity contribution < 1.29 is 9.53 Å². The van der Waals surface area contributed by atoms with E-state index in [4.69, 9.17) is 10.5 Å². The highest BCUT2D eigenvalue weighted by molar-refractivity contribution is 5.99. The van der Waals surface area contributed by atoms with Crippen LogP contribution in [0.5, 0.6) is 0 Å². The van der Waals surface area contributed by atoms with Crippen LogP contribution in [-0.4, -0.2) is 35.9 Å². The van der Waals surface area contributed by atoms with Gasteiger partial charge in [-0.05, 0) is 32.1 Å². The second-order valence-electron chi connectivity index (χ2n) is 5.54. The second-order valence-corrected chi connectivity index (χ2v) is 5.54. The van der Waals surface area contributed by atoms with Crippen LogP contribution >= 0.6 is 0 Å². The Morgan fingerprint density at radius 2 is 1.90 bits per heavy atom. The zero-order valence-electron chi connectivity index (χ0n) is 13.3. The molecule has 0 atom stereocenters. The highest BCUT2D eigenvalue weighted by atomic mass is 16.5. The lowest BCUT2D eigenvalue weighted by atomic mass is 10.1. The lowest BCUT2D eigenvalue weighted by Crippen LogP contribution is -2.31. The number of piperidine rings is 1. The fraction of sp³-hybridized carbons (Fsp3) is 0.733. The summed E-state index contributed by atoms with van der Waals surface area (Å²) in [6.07, 6.45) is 5.34. The van der Waals surface area contributed by atoms with Gasteiger partial charge in [-0.1, -0.05) is 13.8 Å². The van der Waals surface area contributed by atoms with Gasteiger partial charge in [-0.3, -0.25) is 0 Å². The Morgan fingerprint density at radius 1 is 1.29 bits per heavy atom. The first kappa shape index (κ1) is 15.7. The molecule has 0 spiro atoms. The maximum Gasteiger partial charge on any atom is 0.345 e. The summed E-state index contributed by atoms with van der Waals surface area (Å²) < 4.78 is 6.71. The van der Waals surface area contributed by atoms with Crippen molar-refractivity contribution in [2.24, 2.45) is 0 Å². The third-order valence-corrected chi connectivity index (χ3v) is 4.26. The van der Waals surface area contributed by atoms with Gasteiger partial charge in [0.25, 0.3) is 0 Å². The molecule has 1 aromatic heterocycles. The first-order valence-electron chi connectivity index (χ1n) is 7.85. The largest absolute Gasteiger partial charge is 0.465 e. The molecule has 1 aromatic rings. The number of rotatable bonds is 5. The van der Waals surface area contributed by atoms with Crippen molar-refractivity contribution >= 4 is 17.6 Å². The minimum atomic E-state index is -0.398. The van der Waals surface area contributed by atoms with E-state index in [0.717, 1.165) is 38.8 Å². The van der Waals surface area contributed by atoms with E-state index < -0.39 is 5.97 Å². The fourth-order valence-corrected chi connectivity index (χ4v) is 2.97. The number of nitrogen functional groups attached to an aromatic ring is 1. The average molecular weight is 294 g/mol. The lowest BCUT2D eigenvalue weighted by molar-refractivity contribution is 0.0602. The van der Waals surface area contributed by atoms with E-state index >= 15 is 0 Å². The van der Waals surface area contributed by atoms with Crippen LogP contribution in [-0.2, 0) is 4.74 Å². The van der Waals surface area contributed by atoms with Gasteiger partial charge in [-0.15, -0.1) is 0 Å². The van der Waals surface area contributed by atoms with Gasteiger partial charge in [0, 0.05) is 13.1 Å². The number of ether oxygens (including phenoxy) is 1. The maximum absolute atomic E-state index is 12.1. The van der Waals surface area contributed by atoms with E-state index in [1.807, 2.05) is 0 Å². The Balaban J connectivity index is 2.46. The minimum absolute atomic E-state index is 0.215. The summed E-state index contributed by atoms with van der Waals surface area (Å²) in [5.74, 6) is 0.715. The first-order chi connectivity index (χ1) is 10.1. The monoisotopic (exact) mass is 294 g/mol. The Bertz CT molecular complexity index is 488. The molecule has 2 rings (SSSR count). The summed E-state index contributed by atoms with van der Waals surface area (Å²) in [6.45, 7) is 6.05. The molecule has 2 heterocycles. The third-order valence-electron chi connectivity index (χ3n) is 4.26. The van der Waals surface area contributed by atoms with E-state index in [1.165, 1.54) is 13.5 Å². The van der Waals surface area contributed by atoms with Crippen molar-refractivity contribution in [1.82, 2.24) is 9.78 Å². The third kappa shape index (κ3) is 2.99. The van der Waals surface area contributed by atoms with Gasteiger partial charge in [-0.2, -0.15) is 5.10 Å². The van der Waals surface area contributed by atoms with Gasteiger partial charge in [0.2, 0.25) is 0 Å². The Kier molecular flexibility index (Phi) is 5.09. The second kappa shape index (κ2) is 6.83. The highest BCUT2D eigenvalue weighted by Crippen LogP contribution is 2.31. The normalized spacial score (nSPS) is 15.5. The van der Waals surface area contributed by atoms with Crippen LogP contribution in [0.25, 0.3) is 0 Å². The van der Waals surface area contributed by atoms with Crippen molar-refractivity contribution in [3.8, 4) is 0 Å². The predicted octanol–water partition coefficient (Wildman–Crippen LogP) is 2.60. The Hall–Kier alpha value is -1.72. The molecular formula is C15H26N4O2. The summed E-state index contributed by atoms with van der Waals surface area (Å²) in [7, 11) is 1.39. The minimum Gasteiger partial charge on any atom is -0.465 e. The summed E-state index contributed by atoms with van der Waals surface area (Å²) in [5, 5.41) is 4.66. The molecule has 0 radical (unpaired) electrons. The number of carbonyl (C=O) groups excluding carboxylic acids is 1. The number of hydrogen-bond donors (Lipinski definition) is 1. The summed E-state index contributed by atoms with van der Waals surface area (Å²) in [4.78, 5) is 14.3. The van der Waals surface area contributed by atoms with Crippen LogP contribution in [0.2, 0.25) is 0 Å². The lowest BCUT2D eigenvalue weighted by Gasteiger charge is -2.27. The molecule has 1 saturated heterocycles. The van der Waals surface area contributed by atoms with E-state index in [9.17, 15) is 4.79 Å². The van der Waals surface area contributed by atoms with Crippen molar-refractivity contribution in [2.45, 2.75) is 52.0 Å². The molecule has 0 bridgehead atoms. The molecule has 1 aliphatic rings. The van der Waals surface area contributed by atoms with Gasteiger partial charge in [0.05, 0.1) is 13.2 Å². The summed E-state index contributed by atoms with van der Waals surface area (Å²) in [6, 6.07) is 0.215. The molecule has 0 aliphatic carbocycles. The summed E-state index contributed by atoms with van der Waals surface area (Å²) in [5.41, 5.74) is 6.63. The van der Waals surface area contributed by atoms with E-state index in [0.29, 0.717) is 17.2 Å². The fourth-order valence-electron chi connectivity index (χ4n) is 2.97. The van der Waals surface area contributed by atoms with Gasteiger partial charge in [0.15, 0.2) is 5.82 Å². The quantitative estimate of drug-likeness (QED) is 0.845. The molecule has 1 fully saturated rings. The van der Waals surface area contributed by atoms with Crippen molar-refractivity contribution in [2.75, 3.05) is 30.8 Å². The zero-order chi connectivity index (χ0) is 15.4. The van der Waals surface area contributed by atoms with Crippen LogP contribution in [0.3, 0.4) is 0 Å². The van der Waals surface area contributed by atoms with Crippen LogP contribution in [0.1, 0.15) is 62.4 Å². The molecule has 6 nitrogen and oxygen atoms in total. The van der Waals surface area contributed by atoms with Crippen LogP contribution in [0, 0.1) is 0 Å². The van der Waals surface area contributed by atoms with Gasteiger partial charge >= 0.3 is 5.97 Å². The predicted molar refractivity (Wildman–Crippen MR) is 83.7 cm³/mol. The first-order valence-corrected chi connectivity index (χ1v) is 7.85. The molecule has 6 heteroatoms. The standard InChI is InChI=1S/C15H26N4O2/c1-4-11(5-2)19-13(16)12(15(20)21-3)14(17-19)18-9-7-6-8-10-18/h11H,4-10,16H2,1-3H3. The van der Waals surface area contributed by atoms with Crippen LogP contribution in [0.4, 0.5) is 11.6 Å². The van der Waals surface area contributed by atoms with Crippen LogP contribution < -0.4 is 10.6 Å². The number of nitrogens with zero attached hydrogens (tertiary/aromatic N) is 3. The van der Waals surface area contributed by atoms with Crippen molar-refractivity contribution in [3.05, 3.63) is 5.56 Å². The Labute approximate surface area is 126 Å². The molecule has 0 amide bonds. The van der Waals surface area contributed by atoms with Crippen molar-refractivity contribution in [1.29, 1.82) is 0 Å². The number of methoxy groups -OCH3 is 1. The van der Waals surface area contributed by atoms with Gasteiger partial charge < -0.3 is 15.4 Å². The Morgan fingerprint density at radius 3 is 2.43 bits per heavy atom. The smallest absolute Gasteiger partial charge is 0.345 e. The topological polar surface area (TPSA) is 73.4 Å². The molecule has 0 unspecified atom stereocenters. The van der Waals surface area contributed by atoms with Gasteiger partial charge in [0.1, 0.15) is 11.4 Å².